The monoisotopic (exact) mass is 322 g/mol. The fraction of sp³-hybridized carbons (Fsp3) is 0.250. The zero-order valence-electron chi connectivity index (χ0n) is 9.51. The van der Waals surface area contributed by atoms with Crippen LogP contribution >= 0.6 is 28.1 Å². The van der Waals surface area contributed by atoms with E-state index >= 15 is 0 Å². The molecule has 0 saturated heterocycles. The van der Waals surface area contributed by atoms with E-state index in [0.29, 0.717) is 10.7 Å². The SMILES string of the molecule is S=c1[nH]nc(C2CC2)n1/N=C\c1cccc(Br)c1. The van der Waals surface area contributed by atoms with Crippen LogP contribution in [0.1, 0.15) is 30.1 Å². The van der Waals surface area contributed by atoms with Crippen molar-refractivity contribution >= 4 is 34.4 Å². The van der Waals surface area contributed by atoms with Crippen LogP contribution in [0.25, 0.3) is 0 Å². The summed E-state index contributed by atoms with van der Waals surface area (Å²) in [6.07, 6.45) is 4.14. The summed E-state index contributed by atoms with van der Waals surface area (Å²) < 4.78 is 3.29. The summed E-state index contributed by atoms with van der Waals surface area (Å²) in [5.74, 6) is 1.45. The minimum absolute atomic E-state index is 0.512. The number of hydrogen-bond donors (Lipinski definition) is 1. The largest absolute Gasteiger partial charge is 0.250 e. The molecule has 18 heavy (non-hydrogen) atoms. The first-order valence-electron chi connectivity index (χ1n) is 5.71. The molecule has 4 nitrogen and oxygen atoms in total. The first-order chi connectivity index (χ1) is 8.74. The number of halogens is 1. The van der Waals surface area contributed by atoms with E-state index in [1.165, 1.54) is 12.8 Å². The third kappa shape index (κ3) is 2.44. The van der Waals surface area contributed by atoms with Crippen LogP contribution < -0.4 is 0 Å². The summed E-state index contributed by atoms with van der Waals surface area (Å²) in [6, 6.07) is 7.96. The molecule has 3 rings (SSSR count). The van der Waals surface area contributed by atoms with Crippen molar-refractivity contribution in [3.63, 3.8) is 0 Å². The van der Waals surface area contributed by atoms with E-state index in [0.717, 1.165) is 15.9 Å². The maximum Gasteiger partial charge on any atom is 0.216 e. The molecule has 0 radical (unpaired) electrons. The Hall–Kier alpha value is -1.27. The van der Waals surface area contributed by atoms with Crippen LogP contribution in [0.3, 0.4) is 0 Å². The molecule has 0 spiro atoms. The first-order valence-corrected chi connectivity index (χ1v) is 6.91. The highest BCUT2D eigenvalue weighted by Crippen LogP contribution is 2.38. The van der Waals surface area contributed by atoms with Gasteiger partial charge in [0.25, 0.3) is 0 Å². The lowest BCUT2D eigenvalue weighted by Gasteiger charge is -1.98. The van der Waals surface area contributed by atoms with Crippen LogP contribution in [-0.2, 0) is 0 Å². The second-order valence-corrected chi connectivity index (χ2v) is 5.57. The quantitative estimate of drug-likeness (QED) is 0.694. The van der Waals surface area contributed by atoms with Gasteiger partial charge in [0, 0.05) is 10.4 Å². The van der Waals surface area contributed by atoms with Crippen LogP contribution in [0.4, 0.5) is 0 Å². The number of rotatable bonds is 3. The van der Waals surface area contributed by atoms with E-state index in [2.05, 4.69) is 31.2 Å². The minimum atomic E-state index is 0.512. The topological polar surface area (TPSA) is 46.0 Å². The molecular weight excluding hydrogens is 312 g/mol. The standard InChI is InChI=1S/C12H11BrN4S/c13-10-3-1-2-8(6-10)7-14-17-11(9-4-5-9)15-16-12(17)18/h1-3,6-7,9H,4-5H2,(H,16,18)/b14-7-. The van der Waals surface area contributed by atoms with E-state index in [-0.39, 0.29) is 0 Å². The Balaban J connectivity index is 1.92. The third-order valence-corrected chi connectivity index (χ3v) is 3.55. The van der Waals surface area contributed by atoms with Gasteiger partial charge in [-0.1, -0.05) is 28.1 Å². The second-order valence-electron chi connectivity index (χ2n) is 4.27. The van der Waals surface area contributed by atoms with E-state index < -0.39 is 0 Å². The summed E-state index contributed by atoms with van der Waals surface area (Å²) in [7, 11) is 0. The first kappa shape index (κ1) is 11.8. The average molecular weight is 323 g/mol. The Bertz CT molecular complexity index is 654. The fourth-order valence-electron chi connectivity index (χ4n) is 1.73. The van der Waals surface area contributed by atoms with Gasteiger partial charge in [-0.25, -0.2) is 0 Å². The predicted octanol–water partition coefficient (Wildman–Crippen LogP) is 3.46. The van der Waals surface area contributed by atoms with Gasteiger partial charge < -0.3 is 0 Å². The van der Waals surface area contributed by atoms with Gasteiger partial charge in [-0.2, -0.15) is 14.9 Å². The normalized spacial score (nSPS) is 15.4. The van der Waals surface area contributed by atoms with Crippen molar-refractivity contribution < 1.29 is 0 Å². The molecule has 1 aliphatic carbocycles. The van der Waals surface area contributed by atoms with Gasteiger partial charge in [0.1, 0.15) is 0 Å². The maximum atomic E-state index is 5.18. The molecular formula is C12H11BrN4S. The molecule has 1 saturated carbocycles. The molecule has 1 fully saturated rings. The Labute approximate surface area is 118 Å². The lowest BCUT2D eigenvalue weighted by molar-refractivity contribution is 0.773. The number of nitrogens with one attached hydrogen (secondary N) is 1. The summed E-state index contributed by atoms with van der Waals surface area (Å²) in [5.41, 5.74) is 1.02. The van der Waals surface area contributed by atoms with Gasteiger partial charge >= 0.3 is 0 Å². The van der Waals surface area contributed by atoms with Gasteiger partial charge in [0.05, 0.1) is 6.21 Å². The van der Waals surface area contributed by atoms with Crippen LogP contribution in [0.5, 0.6) is 0 Å². The molecule has 0 unspecified atom stereocenters. The lowest BCUT2D eigenvalue weighted by atomic mass is 10.2. The Morgan fingerprint density at radius 1 is 1.50 bits per heavy atom. The van der Waals surface area contributed by atoms with E-state index in [4.69, 9.17) is 12.2 Å². The van der Waals surface area contributed by atoms with Crippen molar-refractivity contribution in [3.05, 3.63) is 44.9 Å². The predicted molar refractivity (Wildman–Crippen MR) is 76.5 cm³/mol. The van der Waals surface area contributed by atoms with Crippen LogP contribution in [-0.4, -0.2) is 21.1 Å². The van der Waals surface area contributed by atoms with Crippen molar-refractivity contribution in [3.8, 4) is 0 Å². The molecule has 0 aliphatic heterocycles. The molecule has 92 valence electrons. The van der Waals surface area contributed by atoms with Gasteiger partial charge in [0.15, 0.2) is 5.82 Å². The van der Waals surface area contributed by atoms with Crippen molar-refractivity contribution in [1.82, 2.24) is 14.9 Å². The molecule has 1 aliphatic rings. The van der Waals surface area contributed by atoms with Crippen LogP contribution in [0.15, 0.2) is 33.8 Å². The maximum absolute atomic E-state index is 5.18. The molecule has 1 N–H and O–H groups in total. The zero-order chi connectivity index (χ0) is 12.5. The lowest BCUT2D eigenvalue weighted by Crippen LogP contribution is -1.97. The van der Waals surface area contributed by atoms with E-state index in [1.807, 2.05) is 24.3 Å². The molecule has 0 amide bonds. The summed E-state index contributed by atoms with van der Waals surface area (Å²) in [4.78, 5) is 0. The Kier molecular flexibility index (Phi) is 3.13. The second kappa shape index (κ2) is 4.78. The van der Waals surface area contributed by atoms with Crippen molar-refractivity contribution in [2.45, 2.75) is 18.8 Å². The average Bonchev–Trinajstić information content (AvgIpc) is 3.12. The minimum Gasteiger partial charge on any atom is -0.250 e. The summed E-state index contributed by atoms with van der Waals surface area (Å²) in [6.45, 7) is 0. The van der Waals surface area contributed by atoms with E-state index in [1.54, 1.807) is 10.9 Å². The molecule has 2 aromatic rings. The molecule has 0 bridgehead atoms. The summed E-state index contributed by atoms with van der Waals surface area (Å²) in [5, 5.41) is 11.4. The highest BCUT2D eigenvalue weighted by Gasteiger charge is 2.29. The molecule has 6 heteroatoms. The number of H-pyrrole nitrogens is 1. The van der Waals surface area contributed by atoms with Crippen LogP contribution in [0.2, 0.25) is 0 Å². The number of benzene rings is 1. The van der Waals surface area contributed by atoms with Gasteiger partial charge in [-0.05, 0) is 42.8 Å². The van der Waals surface area contributed by atoms with Gasteiger partial charge in [-0.3, -0.25) is 5.10 Å². The Morgan fingerprint density at radius 2 is 2.33 bits per heavy atom. The smallest absolute Gasteiger partial charge is 0.216 e. The molecule has 1 aromatic carbocycles. The number of aromatic nitrogens is 3. The third-order valence-electron chi connectivity index (χ3n) is 2.79. The molecule has 1 aromatic heterocycles. The molecule has 1 heterocycles. The molecule has 0 atom stereocenters. The summed E-state index contributed by atoms with van der Waals surface area (Å²) >= 11 is 8.62. The zero-order valence-corrected chi connectivity index (χ0v) is 11.9. The van der Waals surface area contributed by atoms with Gasteiger partial charge in [-0.15, -0.1) is 0 Å². The fourth-order valence-corrected chi connectivity index (χ4v) is 2.34. The van der Waals surface area contributed by atoms with E-state index in [9.17, 15) is 0 Å². The number of hydrogen-bond acceptors (Lipinski definition) is 3. The van der Waals surface area contributed by atoms with Crippen molar-refractivity contribution in [1.29, 1.82) is 0 Å². The Morgan fingerprint density at radius 3 is 3.06 bits per heavy atom. The van der Waals surface area contributed by atoms with Crippen molar-refractivity contribution in [2.24, 2.45) is 5.10 Å². The van der Waals surface area contributed by atoms with Crippen molar-refractivity contribution in [2.75, 3.05) is 0 Å². The highest BCUT2D eigenvalue weighted by atomic mass is 79.9. The number of nitrogens with zero attached hydrogens (tertiary/aromatic N) is 3. The number of aromatic amines is 1. The van der Waals surface area contributed by atoms with Crippen LogP contribution in [0, 0.1) is 4.77 Å². The highest BCUT2D eigenvalue weighted by molar-refractivity contribution is 9.10. The van der Waals surface area contributed by atoms with Gasteiger partial charge in [0.2, 0.25) is 4.77 Å².